The van der Waals surface area contributed by atoms with Gasteiger partial charge in [-0.1, -0.05) is 59.7 Å². The standard InChI is InChI=1S/C22H16N6O/c23-27-26-21-18-13-7-8-14-20(18)28(17-11-5-2-6-12-17)22(29)19(21)15-24-25-16-9-3-1-4-10-16/h1-15,25H/b24-15+. The van der Waals surface area contributed by atoms with Crippen molar-refractivity contribution in [2.45, 2.75) is 0 Å². The number of nitrogens with zero attached hydrogens (tertiary/aromatic N) is 5. The molecule has 0 aliphatic carbocycles. The molecule has 4 aromatic rings. The van der Waals surface area contributed by atoms with Crippen molar-refractivity contribution in [3.8, 4) is 5.69 Å². The van der Waals surface area contributed by atoms with E-state index in [1.54, 1.807) is 4.57 Å². The van der Waals surface area contributed by atoms with Crippen LogP contribution in [0.2, 0.25) is 0 Å². The van der Waals surface area contributed by atoms with Gasteiger partial charge >= 0.3 is 0 Å². The van der Waals surface area contributed by atoms with Crippen LogP contribution in [0.4, 0.5) is 11.4 Å². The van der Waals surface area contributed by atoms with Crippen molar-refractivity contribution < 1.29 is 0 Å². The topological polar surface area (TPSA) is 95.2 Å². The van der Waals surface area contributed by atoms with Gasteiger partial charge < -0.3 is 0 Å². The number of fused-ring (bicyclic) bond motifs is 1. The third-order valence-corrected chi connectivity index (χ3v) is 4.41. The number of pyridine rings is 1. The highest BCUT2D eigenvalue weighted by Crippen LogP contribution is 2.29. The molecular formula is C22H16N6O. The number of nitrogens with one attached hydrogen (secondary N) is 1. The molecule has 7 heteroatoms. The van der Waals surface area contributed by atoms with Crippen LogP contribution in [-0.2, 0) is 0 Å². The van der Waals surface area contributed by atoms with Crippen LogP contribution in [-0.4, -0.2) is 10.8 Å². The van der Waals surface area contributed by atoms with E-state index < -0.39 is 0 Å². The van der Waals surface area contributed by atoms with Crippen LogP contribution in [0.3, 0.4) is 0 Å². The molecule has 1 aromatic heterocycles. The van der Waals surface area contributed by atoms with E-state index in [9.17, 15) is 4.79 Å². The second-order valence-corrected chi connectivity index (χ2v) is 6.18. The molecule has 0 amide bonds. The summed E-state index contributed by atoms with van der Waals surface area (Å²) in [5.41, 5.74) is 14.2. The Morgan fingerprint density at radius 3 is 2.28 bits per heavy atom. The fourth-order valence-corrected chi connectivity index (χ4v) is 3.13. The molecule has 1 heterocycles. The fourth-order valence-electron chi connectivity index (χ4n) is 3.13. The summed E-state index contributed by atoms with van der Waals surface area (Å²) in [7, 11) is 0. The summed E-state index contributed by atoms with van der Waals surface area (Å²) in [5.74, 6) is 0. The van der Waals surface area contributed by atoms with E-state index in [0.29, 0.717) is 16.6 Å². The van der Waals surface area contributed by atoms with E-state index in [2.05, 4.69) is 20.6 Å². The van der Waals surface area contributed by atoms with Crippen LogP contribution in [0.25, 0.3) is 27.0 Å². The summed E-state index contributed by atoms with van der Waals surface area (Å²) in [6, 6.07) is 26.0. The zero-order valence-electron chi connectivity index (χ0n) is 15.3. The highest BCUT2D eigenvalue weighted by Gasteiger charge is 2.15. The van der Waals surface area contributed by atoms with Crippen molar-refractivity contribution in [3.63, 3.8) is 0 Å². The molecule has 0 bridgehead atoms. The molecule has 0 atom stereocenters. The first kappa shape index (κ1) is 18.0. The summed E-state index contributed by atoms with van der Waals surface area (Å²) < 4.78 is 1.59. The molecule has 29 heavy (non-hydrogen) atoms. The number of hydrogen-bond acceptors (Lipinski definition) is 4. The first-order valence-electron chi connectivity index (χ1n) is 8.92. The Kier molecular flexibility index (Phi) is 5.05. The summed E-state index contributed by atoms with van der Waals surface area (Å²) in [6.45, 7) is 0. The first-order chi connectivity index (χ1) is 14.3. The number of aromatic nitrogens is 1. The van der Waals surface area contributed by atoms with Gasteiger partial charge in [0.1, 0.15) is 0 Å². The molecule has 0 radical (unpaired) electrons. The Hall–Kier alpha value is -4.35. The number of hydrazone groups is 1. The Morgan fingerprint density at radius 2 is 1.55 bits per heavy atom. The molecule has 3 aromatic carbocycles. The number of rotatable bonds is 5. The normalized spacial score (nSPS) is 10.8. The molecule has 140 valence electrons. The van der Waals surface area contributed by atoms with E-state index in [1.165, 1.54) is 6.21 Å². The van der Waals surface area contributed by atoms with Crippen LogP contribution in [0.5, 0.6) is 0 Å². The van der Waals surface area contributed by atoms with Crippen LogP contribution in [0.15, 0.2) is 99.9 Å². The number of para-hydroxylation sites is 3. The zero-order valence-corrected chi connectivity index (χ0v) is 15.3. The number of anilines is 1. The summed E-state index contributed by atoms with van der Waals surface area (Å²) >= 11 is 0. The lowest BCUT2D eigenvalue weighted by Gasteiger charge is -2.14. The molecule has 0 saturated carbocycles. The predicted molar refractivity (Wildman–Crippen MR) is 116 cm³/mol. The lowest BCUT2D eigenvalue weighted by molar-refractivity contribution is 1.04. The van der Waals surface area contributed by atoms with Crippen molar-refractivity contribution in [2.24, 2.45) is 10.2 Å². The third-order valence-electron chi connectivity index (χ3n) is 4.41. The smallest absolute Gasteiger partial charge is 0.264 e. The quantitative estimate of drug-likeness (QED) is 0.165. The average molecular weight is 380 g/mol. The van der Waals surface area contributed by atoms with E-state index in [1.807, 2.05) is 84.9 Å². The maximum atomic E-state index is 13.4. The van der Waals surface area contributed by atoms with Crippen LogP contribution < -0.4 is 11.0 Å². The summed E-state index contributed by atoms with van der Waals surface area (Å²) in [4.78, 5) is 16.3. The van der Waals surface area contributed by atoms with Gasteiger partial charge in [0.2, 0.25) is 0 Å². The molecular weight excluding hydrogens is 364 g/mol. The molecule has 0 unspecified atom stereocenters. The lowest BCUT2D eigenvalue weighted by atomic mass is 10.1. The van der Waals surface area contributed by atoms with Gasteiger partial charge in [0, 0.05) is 16.0 Å². The first-order valence-corrected chi connectivity index (χ1v) is 8.92. The van der Waals surface area contributed by atoms with E-state index in [-0.39, 0.29) is 16.8 Å². The summed E-state index contributed by atoms with van der Waals surface area (Å²) in [5, 5.41) is 8.65. The third kappa shape index (κ3) is 3.58. The van der Waals surface area contributed by atoms with Crippen LogP contribution in [0.1, 0.15) is 5.56 Å². The van der Waals surface area contributed by atoms with Gasteiger partial charge in [-0.15, -0.1) is 0 Å². The number of azide groups is 1. The number of hydrogen-bond donors (Lipinski definition) is 1. The highest BCUT2D eigenvalue weighted by molar-refractivity contribution is 6.00. The molecule has 1 N–H and O–H groups in total. The average Bonchev–Trinajstić information content (AvgIpc) is 2.77. The van der Waals surface area contributed by atoms with E-state index in [0.717, 1.165) is 5.69 Å². The van der Waals surface area contributed by atoms with Crippen molar-refractivity contribution in [1.29, 1.82) is 0 Å². The molecule has 0 aliphatic rings. The second kappa shape index (κ2) is 8.12. The van der Waals surface area contributed by atoms with Gasteiger partial charge in [0.05, 0.1) is 28.7 Å². The monoisotopic (exact) mass is 380 g/mol. The molecule has 4 rings (SSSR count). The van der Waals surface area contributed by atoms with Gasteiger partial charge in [-0.25, -0.2) is 0 Å². The Morgan fingerprint density at radius 1 is 0.897 bits per heavy atom. The summed E-state index contributed by atoms with van der Waals surface area (Å²) in [6.07, 6.45) is 1.39. The lowest BCUT2D eigenvalue weighted by Crippen LogP contribution is -2.23. The van der Waals surface area contributed by atoms with Gasteiger partial charge in [-0.2, -0.15) is 5.10 Å². The minimum absolute atomic E-state index is 0.203. The van der Waals surface area contributed by atoms with Gasteiger partial charge in [0.25, 0.3) is 5.56 Å². The highest BCUT2D eigenvalue weighted by atomic mass is 16.1. The predicted octanol–water partition coefficient (Wildman–Crippen LogP) is 5.38. The van der Waals surface area contributed by atoms with Gasteiger partial charge in [-0.3, -0.25) is 14.8 Å². The van der Waals surface area contributed by atoms with Crippen molar-refractivity contribution in [2.75, 3.05) is 5.43 Å². The van der Waals surface area contributed by atoms with E-state index >= 15 is 0 Å². The number of benzene rings is 3. The molecule has 0 saturated heterocycles. The molecule has 7 nitrogen and oxygen atoms in total. The van der Waals surface area contributed by atoms with Crippen LogP contribution >= 0.6 is 0 Å². The van der Waals surface area contributed by atoms with Gasteiger partial charge in [-0.05, 0) is 35.9 Å². The van der Waals surface area contributed by atoms with Gasteiger partial charge in [0.15, 0.2) is 0 Å². The minimum Gasteiger partial charge on any atom is -0.279 e. The molecule has 0 aliphatic heterocycles. The molecule has 0 spiro atoms. The Labute approximate surface area is 166 Å². The van der Waals surface area contributed by atoms with Crippen LogP contribution in [0, 0.1) is 0 Å². The van der Waals surface area contributed by atoms with Crippen molar-refractivity contribution >= 4 is 28.5 Å². The minimum atomic E-state index is -0.323. The van der Waals surface area contributed by atoms with E-state index in [4.69, 9.17) is 5.53 Å². The molecule has 0 fully saturated rings. The maximum Gasteiger partial charge on any atom is 0.264 e. The fraction of sp³-hybridized carbons (Fsp3) is 0. The SMILES string of the molecule is [N-]=[N+]=Nc1c(/C=N/Nc2ccccc2)c(=O)n(-c2ccccc2)c2ccccc12. The Bertz CT molecular complexity index is 1290. The maximum absolute atomic E-state index is 13.4. The second-order valence-electron chi connectivity index (χ2n) is 6.18. The van der Waals surface area contributed by atoms with Crippen molar-refractivity contribution in [3.05, 3.63) is 111 Å². The Balaban J connectivity index is 1.95. The largest absolute Gasteiger partial charge is 0.279 e. The van der Waals surface area contributed by atoms with Crippen molar-refractivity contribution in [1.82, 2.24) is 4.57 Å². The zero-order chi connectivity index (χ0) is 20.1.